The molecule has 1 saturated heterocycles. The minimum absolute atomic E-state index is 0.116. The van der Waals surface area contributed by atoms with Gasteiger partial charge in [-0.1, -0.05) is 48.9 Å². The van der Waals surface area contributed by atoms with Gasteiger partial charge in [-0.3, -0.25) is 9.69 Å². The summed E-state index contributed by atoms with van der Waals surface area (Å²) in [7, 11) is 0. The molecule has 0 radical (unpaired) electrons. The first kappa shape index (κ1) is 17.6. The Kier molecular flexibility index (Phi) is 5.32. The normalized spacial score (nSPS) is 21.7. The Balaban J connectivity index is 1.63. The van der Waals surface area contributed by atoms with E-state index in [4.69, 9.17) is 0 Å². The van der Waals surface area contributed by atoms with E-state index in [1.807, 2.05) is 17.8 Å². The molecular weight excluding hydrogens is 340 g/mol. The third-order valence-corrected chi connectivity index (χ3v) is 6.73. The van der Waals surface area contributed by atoms with Gasteiger partial charge in [-0.15, -0.1) is 11.8 Å². The van der Waals surface area contributed by atoms with Crippen molar-refractivity contribution in [1.29, 1.82) is 0 Å². The molecule has 1 fully saturated rings. The number of thioether (sulfide) groups is 1. The number of carbonyl (C=O) groups is 1. The number of hydrogen-bond donors (Lipinski definition) is 1. The number of hydrogen-bond acceptors (Lipinski definition) is 3. The van der Waals surface area contributed by atoms with Crippen LogP contribution in [0.2, 0.25) is 0 Å². The molecule has 1 amide bonds. The second-order valence-corrected chi connectivity index (χ2v) is 8.61. The predicted octanol–water partition coefficient (Wildman–Crippen LogP) is 5.08. The predicted molar refractivity (Wildman–Crippen MR) is 109 cm³/mol. The van der Waals surface area contributed by atoms with E-state index >= 15 is 0 Å². The van der Waals surface area contributed by atoms with Gasteiger partial charge >= 0.3 is 0 Å². The fourth-order valence-corrected chi connectivity index (χ4v) is 5.25. The summed E-state index contributed by atoms with van der Waals surface area (Å²) in [5, 5.41) is 3.58. The number of rotatable bonds is 4. The van der Waals surface area contributed by atoms with Crippen LogP contribution in [0.25, 0.3) is 0 Å². The highest BCUT2D eigenvalue weighted by molar-refractivity contribution is 8.00. The lowest BCUT2D eigenvalue weighted by molar-refractivity contribution is -0.116. The highest BCUT2D eigenvalue weighted by Crippen LogP contribution is 2.43. The van der Waals surface area contributed by atoms with Gasteiger partial charge in [0.25, 0.3) is 0 Å². The molecule has 1 N–H and O–H groups in total. The SMILES string of the molecule is CC(Sc1cccc2c1NC(=O)CC2c1ccccc1)N1CCCCC1. The van der Waals surface area contributed by atoms with Gasteiger partial charge < -0.3 is 5.32 Å². The summed E-state index contributed by atoms with van der Waals surface area (Å²) in [6.07, 6.45) is 4.46. The lowest BCUT2D eigenvalue weighted by Gasteiger charge is -2.33. The maximum Gasteiger partial charge on any atom is 0.225 e. The van der Waals surface area contributed by atoms with Crippen molar-refractivity contribution in [3.63, 3.8) is 0 Å². The smallest absolute Gasteiger partial charge is 0.225 e. The van der Waals surface area contributed by atoms with Crippen molar-refractivity contribution in [3.05, 3.63) is 59.7 Å². The number of para-hydroxylation sites is 1. The lowest BCUT2D eigenvalue weighted by Crippen LogP contribution is -2.35. The fourth-order valence-electron chi connectivity index (χ4n) is 4.08. The Labute approximate surface area is 160 Å². The number of benzene rings is 2. The molecule has 0 aromatic heterocycles. The summed E-state index contributed by atoms with van der Waals surface area (Å²) in [5.74, 6) is 0.260. The Morgan fingerprint density at radius 1 is 1.04 bits per heavy atom. The molecule has 2 unspecified atom stereocenters. The number of piperidine rings is 1. The fraction of sp³-hybridized carbons (Fsp3) is 0.409. The molecule has 2 aromatic carbocycles. The molecule has 136 valence electrons. The quantitative estimate of drug-likeness (QED) is 0.766. The standard InChI is InChI=1S/C22H26N2OS/c1-16(24-13-6-3-7-14-24)26-20-12-8-11-18-19(15-21(25)23-22(18)20)17-9-4-2-5-10-17/h2,4-5,8-12,16,19H,3,6-7,13-15H2,1H3,(H,23,25). The minimum Gasteiger partial charge on any atom is -0.325 e. The van der Waals surface area contributed by atoms with Crippen LogP contribution in [-0.4, -0.2) is 29.3 Å². The second kappa shape index (κ2) is 7.85. The average molecular weight is 367 g/mol. The topological polar surface area (TPSA) is 32.3 Å². The van der Waals surface area contributed by atoms with E-state index < -0.39 is 0 Å². The van der Waals surface area contributed by atoms with E-state index in [0.717, 1.165) is 5.69 Å². The van der Waals surface area contributed by atoms with Gasteiger partial charge in [-0.2, -0.15) is 0 Å². The highest BCUT2D eigenvalue weighted by atomic mass is 32.2. The maximum absolute atomic E-state index is 12.4. The first-order valence-electron chi connectivity index (χ1n) is 9.61. The number of nitrogens with one attached hydrogen (secondary N) is 1. The zero-order chi connectivity index (χ0) is 17.9. The Morgan fingerprint density at radius 3 is 2.58 bits per heavy atom. The van der Waals surface area contributed by atoms with Crippen molar-refractivity contribution in [3.8, 4) is 0 Å². The first-order chi connectivity index (χ1) is 12.7. The van der Waals surface area contributed by atoms with E-state index in [9.17, 15) is 4.79 Å². The van der Waals surface area contributed by atoms with E-state index in [-0.39, 0.29) is 11.8 Å². The molecule has 2 aromatic rings. The minimum atomic E-state index is 0.116. The van der Waals surface area contributed by atoms with Crippen LogP contribution in [0, 0.1) is 0 Å². The van der Waals surface area contributed by atoms with Gasteiger partial charge in [-0.25, -0.2) is 0 Å². The Bertz CT molecular complexity index is 771. The van der Waals surface area contributed by atoms with Crippen LogP contribution in [0.15, 0.2) is 53.4 Å². The molecule has 26 heavy (non-hydrogen) atoms. The van der Waals surface area contributed by atoms with E-state index in [1.54, 1.807) is 0 Å². The van der Waals surface area contributed by atoms with Crippen molar-refractivity contribution in [2.75, 3.05) is 18.4 Å². The number of fused-ring (bicyclic) bond motifs is 1. The van der Waals surface area contributed by atoms with Gasteiger partial charge in [0.1, 0.15) is 0 Å². The summed E-state index contributed by atoms with van der Waals surface area (Å²) in [6.45, 7) is 4.65. The van der Waals surface area contributed by atoms with E-state index in [0.29, 0.717) is 11.8 Å². The third-order valence-electron chi connectivity index (χ3n) is 5.49. The highest BCUT2D eigenvalue weighted by Gasteiger charge is 2.29. The molecule has 3 nitrogen and oxygen atoms in total. The Hall–Kier alpha value is -1.78. The molecule has 2 aliphatic heterocycles. The molecule has 2 atom stereocenters. The van der Waals surface area contributed by atoms with Crippen LogP contribution < -0.4 is 5.32 Å². The summed E-state index contributed by atoms with van der Waals surface area (Å²) < 4.78 is 0. The second-order valence-electron chi connectivity index (χ2n) is 7.25. The van der Waals surface area contributed by atoms with E-state index in [2.05, 4.69) is 59.6 Å². The third kappa shape index (κ3) is 3.67. The van der Waals surface area contributed by atoms with Crippen LogP contribution in [0.1, 0.15) is 49.7 Å². The molecule has 0 saturated carbocycles. The molecule has 2 heterocycles. The average Bonchev–Trinajstić information content (AvgIpc) is 2.69. The molecule has 0 aliphatic carbocycles. The number of carbonyl (C=O) groups excluding carboxylic acids is 1. The van der Waals surface area contributed by atoms with Crippen LogP contribution in [0.5, 0.6) is 0 Å². The van der Waals surface area contributed by atoms with Crippen molar-refractivity contribution in [1.82, 2.24) is 4.90 Å². The zero-order valence-corrected chi connectivity index (χ0v) is 16.1. The maximum atomic E-state index is 12.4. The van der Waals surface area contributed by atoms with Gasteiger partial charge in [0.2, 0.25) is 5.91 Å². The number of nitrogens with zero attached hydrogens (tertiary/aromatic N) is 1. The van der Waals surface area contributed by atoms with Crippen molar-refractivity contribution in [2.45, 2.75) is 48.8 Å². The van der Waals surface area contributed by atoms with Crippen LogP contribution >= 0.6 is 11.8 Å². The molecule has 4 rings (SSSR count). The number of anilines is 1. The monoisotopic (exact) mass is 366 g/mol. The summed E-state index contributed by atoms with van der Waals surface area (Å²) in [5.41, 5.74) is 3.48. The largest absolute Gasteiger partial charge is 0.325 e. The van der Waals surface area contributed by atoms with Gasteiger partial charge in [-0.05, 0) is 50.0 Å². The van der Waals surface area contributed by atoms with Crippen molar-refractivity contribution < 1.29 is 4.79 Å². The van der Waals surface area contributed by atoms with Crippen LogP contribution in [0.4, 0.5) is 5.69 Å². The molecule has 0 bridgehead atoms. The molecule has 0 spiro atoms. The van der Waals surface area contributed by atoms with Crippen LogP contribution in [-0.2, 0) is 4.79 Å². The van der Waals surface area contributed by atoms with Gasteiger partial charge in [0.15, 0.2) is 0 Å². The summed E-state index contributed by atoms with van der Waals surface area (Å²) >= 11 is 1.88. The van der Waals surface area contributed by atoms with Crippen molar-refractivity contribution in [2.24, 2.45) is 0 Å². The summed E-state index contributed by atoms with van der Waals surface area (Å²) in [4.78, 5) is 16.2. The van der Waals surface area contributed by atoms with Crippen molar-refractivity contribution >= 4 is 23.4 Å². The Morgan fingerprint density at radius 2 is 1.81 bits per heavy atom. The number of likely N-dealkylation sites (tertiary alicyclic amines) is 1. The molecule has 4 heteroatoms. The zero-order valence-electron chi connectivity index (χ0n) is 15.3. The van der Waals surface area contributed by atoms with Crippen LogP contribution in [0.3, 0.4) is 0 Å². The molecular formula is C22H26N2OS. The summed E-state index contributed by atoms with van der Waals surface area (Å²) in [6, 6.07) is 16.8. The van der Waals surface area contributed by atoms with E-state index in [1.165, 1.54) is 48.4 Å². The van der Waals surface area contributed by atoms with Gasteiger partial charge in [0.05, 0.1) is 11.1 Å². The lowest BCUT2D eigenvalue weighted by atomic mass is 9.85. The first-order valence-corrected chi connectivity index (χ1v) is 10.5. The van der Waals surface area contributed by atoms with Gasteiger partial charge in [0, 0.05) is 17.2 Å². The number of amides is 1. The molecule has 2 aliphatic rings.